The van der Waals surface area contributed by atoms with E-state index in [2.05, 4.69) is 4.72 Å². The van der Waals surface area contributed by atoms with Gasteiger partial charge in [0.2, 0.25) is 10.0 Å². The highest BCUT2D eigenvalue weighted by Gasteiger charge is 2.25. The monoisotopic (exact) mass is 344 g/mol. The van der Waals surface area contributed by atoms with Gasteiger partial charge in [0, 0.05) is 25.2 Å². The number of methoxy groups -OCH3 is 1. The van der Waals surface area contributed by atoms with Crippen LogP contribution < -0.4 is 9.46 Å². The van der Waals surface area contributed by atoms with Gasteiger partial charge in [-0.2, -0.15) is 0 Å². The normalized spacial score (nSPS) is 18.7. The molecule has 1 aromatic rings. The average Bonchev–Trinajstić information content (AvgIpc) is 2.52. The number of likely N-dealkylation sites (tertiary alicyclic amines) is 1. The Labute approximate surface area is 135 Å². The van der Waals surface area contributed by atoms with Gasteiger partial charge < -0.3 is 9.64 Å². The molecule has 0 aliphatic carbocycles. The molecule has 23 heavy (non-hydrogen) atoms. The number of sulfonamides is 1. The van der Waals surface area contributed by atoms with Crippen molar-refractivity contribution in [2.24, 2.45) is 5.92 Å². The zero-order valence-corrected chi connectivity index (χ0v) is 14.0. The average molecular weight is 344 g/mol. The molecule has 0 spiro atoms. The number of nitrogens with zero attached hydrogens (tertiary/aromatic N) is 1. The fraction of sp³-hybridized carbons (Fsp3) is 0.533. The third-order valence-corrected chi connectivity index (χ3v) is 4.53. The Balaban J connectivity index is 2.03. The lowest BCUT2D eigenvalue weighted by atomic mass is 9.97. The van der Waals surface area contributed by atoms with Crippen LogP contribution in [-0.4, -0.2) is 52.2 Å². The summed E-state index contributed by atoms with van der Waals surface area (Å²) in [5.74, 6) is -0.679. The first-order valence-electron chi connectivity index (χ1n) is 7.37. The van der Waals surface area contributed by atoms with Gasteiger partial charge in [-0.1, -0.05) is 0 Å². The van der Waals surface area contributed by atoms with E-state index in [0.29, 0.717) is 19.6 Å². The summed E-state index contributed by atoms with van der Waals surface area (Å²) < 4.78 is 43.4. The maximum atomic E-state index is 13.7. The molecule has 0 unspecified atom stereocenters. The van der Waals surface area contributed by atoms with Crippen LogP contribution >= 0.6 is 0 Å². The lowest BCUT2D eigenvalue weighted by Crippen LogP contribution is -2.43. The van der Waals surface area contributed by atoms with E-state index in [1.54, 1.807) is 4.90 Å². The van der Waals surface area contributed by atoms with Crippen molar-refractivity contribution in [2.45, 2.75) is 12.8 Å². The molecule has 0 saturated carbocycles. The highest BCUT2D eigenvalue weighted by molar-refractivity contribution is 7.88. The predicted molar refractivity (Wildman–Crippen MR) is 84.4 cm³/mol. The largest absolute Gasteiger partial charge is 0.494 e. The minimum atomic E-state index is -3.24. The molecule has 1 fully saturated rings. The van der Waals surface area contributed by atoms with Gasteiger partial charge in [0.05, 0.1) is 13.4 Å². The highest BCUT2D eigenvalue weighted by atomic mass is 32.2. The zero-order valence-electron chi connectivity index (χ0n) is 13.2. The van der Waals surface area contributed by atoms with E-state index in [-0.39, 0.29) is 23.1 Å². The molecular weight excluding hydrogens is 323 g/mol. The van der Waals surface area contributed by atoms with Gasteiger partial charge in [-0.25, -0.2) is 17.5 Å². The highest BCUT2D eigenvalue weighted by Crippen LogP contribution is 2.22. The minimum absolute atomic E-state index is 0.0607. The molecular formula is C15H21FN2O4S. The lowest BCUT2D eigenvalue weighted by molar-refractivity contribution is 0.0676. The van der Waals surface area contributed by atoms with Gasteiger partial charge in [-0.05, 0) is 37.0 Å². The van der Waals surface area contributed by atoms with E-state index in [9.17, 15) is 17.6 Å². The van der Waals surface area contributed by atoms with E-state index in [4.69, 9.17) is 4.74 Å². The smallest absolute Gasteiger partial charge is 0.253 e. The van der Waals surface area contributed by atoms with E-state index in [1.807, 2.05) is 0 Å². The number of nitrogens with one attached hydrogen (secondary N) is 1. The summed E-state index contributed by atoms with van der Waals surface area (Å²) >= 11 is 0. The van der Waals surface area contributed by atoms with Crippen LogP contribution in [0.15, 0.2) is 18.2 Å². The number of hydrogen-bond donors (Lipinski definition) is 1. The minimum Gasteiger partial charge on any atom is -0.494 e. The Morgan fingerprint density at radius 2 is 2.22 bits per heavy atom. The molecule has 8 heteroatoms. The fourth-order valence-electron chi connectivity index (χ4n) is 2.67. The number of benzene rings is 1. The van der Waals surface area contributed by atoms with Gasteiger partial charge >= 0.3 is 0 Å². The van der Waals surface area contributed by atoms with Crippen molar-refractivity contribution >= 4 is 15.9 Å². The number of carbonyl (C=O) groups excluding carboxylic acids is 1. The zero-order chi connectivity index (χ0) is 17.0. The fourth-order valence-corrected chi connectivity index (χ4v) is 3.21. The van der Waals surface area contributed by atoms with Crippen LogP contribution in [0.2, 0.25) is 0 Å². The van der Waals surface area contributed by atoms with Crippen molar-refractivity contribution in [2.75, 3.05) is 33.0 Å². The molecule has 1 saturated heterocycles. The summed E-state index contributed by atoms with van der Waals surface area (Å²) in [5, 5.41) is 0. The molecule has 1 aliphatic rings. The van der Waals surface area contributed by atoms with E-state index < -0.39 is 15.8 Å². The molecule has 0 aromatic heterocycles. The molecule has 1 amide bonds. The van der Waals surface area contributed by atoms with E-state index in [0.717, 1.165) is 19.1 Å². The lowest BCUT2D eigenvalue weighted by Gasteiger charge is -2.32. The van der Waals surface area contributed by atoms with E-state index >= 15 is 0 Å². The number of piperidine rings is 1. The molecule has 1 aromatic carbocycles. The first-order chi connectivity index (χ1) is 10.8. The maximum Gasteiger partial charge on any atom is 0.253 e. The van der Waals surface area contributed by atoms with Crippen LogP contribution in [-0.2, 0) is 10.0 Å². The van der Waals surface area contributed by atoms with Crippen LogP contribution in [0.25, 0.3) is 0 Å². The second kappa shape index (κ2) is 7.27. The summed E-state index contributed by atoms with van der Waals surface area (Å²) in [6, 6.07) is 4.12. The molecule has 6 nitrogen and oxygen atoms in total. The van der Waals surface area contributed by atoms with Gasteiger partial charge in [-0.3, -0.25) is 4.79 Å². The molecule has 2 rings (SSSR count). The first kappa shape index (κ1) is 17.7. The van der Waals surface area contributed by atoms with Crippen LogP contribution in [0.1, 0.15) is 23.2 Å². The van der Waals surface area contributed by atoms with E-state index in [1.165, 1.54) is 25.3 Å². The summed E-state index contributed by atoms with van der Waals surface area (Å²) in [6.07, 6.45) is 2.75. The molecule has 1 aliphatic heterocycles. The Morgan fingerprint density at radius 3 is 2.83 bits per heavy atom. The quantitative estimate of drug-likeness (QED) is 0.872. The van der Waals surface area contributed by atoms with Crippen molar-refractivity contribution < 1.29 is 22.3 Å². The van der Waals surface area contributed by atoms with Gasteiger partial charge in [0.25, 0.3) is 5.91 Å². The van der Waals surface area contributed by atoms with Crippen LogP contribution in [0.3, 0.4) is 0 Å². The van der Waals surface area contributed by atoms with Crippen molar-refractivity contribution in [1.82, 2.24) is 9.62 Å². The molecule has 0 radical (unpaired) electrons. The maximum absolute atomic E-state index is 13.7. The summed E-state index contributed by atoms with van der Waals surface area (Å²) in [4.78, 5) is 14.1. The van der Waals surface area contributed by atoms with Crippen LogP contribution in [0.4, 0.5) is 4.39 Å². The number of rotatable bonds is 5. The summed E-state index contributed by atoms with van der Waals surface area (Å²) in [7, 11) is -1.88. The standard InChI is InChI=1S/C15H21FN2O4S/c1-22-14-6-5-12(8-13(14)16)15(19)18-7-3-4-11(10-18)9-17-23(2,20)21/h5-6,8,11,17H,3-4,7,9-10H2,1-2H3/t11-/m1/s1. The Bertz CT molecular complexity index is 678. The molecule has 128 valence electrons. The third kappa shape index (κ3) is 4.90. The topological polar surface area (TPSA) is 75.7 Å². The second-order valence-electron chi connectivity index (χ2n) is 5.73. The number of carbonyl (C=O) groups is 1. The second-order valence-corrected chi connectivity index (χ2v) is 7.56. The Kier molecular flexibility index (Phi) is 5.59. The number of hydrogen-bond acceptors (Lipinski definition) is 4. The number of halogens is 1. The van der Waals surface area contributed by atoms with Crippen molar-refractivity contribution in [3.8, 4) is 5.75 Å². The molecule has 1 atom stereocenters. The Hall–Kier alpha value is -1.67. The third-order valence-electron chi connectivity index (χ3n) is 3.84. The van der Waals surface area contributed by atoms with Crippen molar-refractivity contribution in [1.29, 1.82) is 0 Å². The van der Waals surface area contributed by atoms with Gasteiger partial charge in [-0.15, -0.1) is 0 Å². The predicted octanol–water partition coefficient (Wildman–Crippen LogP) is 1.24. The Morgan fingerprint density at radius 1 is 1.48 bits per heavy atom. The number of ether oxygens (including phenoxy) is 1. The molecule has 1 N–H and O–H groups in total. The number of amides is 1. The SMILES string of the molecule is COc1ccc(C(=O)N2CCC[C@H](CNS(C)(=O)=O)C2)cc1F. The summed E-state index contributed by atoms with van der Waals surface area (Å²) in [5.41, 5.74) is 0.264. The van der Waals surface area contributed by atoms with Crippen LogP contribution in [0, 0.1) is 11.7 Å². The van der Waals surface area contributed by atoms with Gasteiger partial charge in [0.1, 0.15) is 0 Å². The first-order valence-corrected chi connectivity index (χ1v) is 9.26. The van der Waals surface area contributed by atoms with Crippen molar-refractivity contribution in [3.63, 3.8) is 0 Å². The van der Waals surface area contributed by atoms with Crippen LogP contribution in [0.5, 0.6) is 5.75 Å². The molecule has 0 bridgehead atoms. The molecule has 1 heterocycles. The summed E-state index contributed by atoms with van der Waals surface area (Å²) in [6.45, 7) is 1.34. The van der Waals surface area contributed by atoms with Crippen molar-refractivity contribution in [3.05, 3.63) is 29.6 Å². The van der Waals surface area contributed by atoms with Gasteiger partial charge in [0.15, 0.2) is 11.6 Å².